The Kier molecular flexibility index (Phi) is 8.86. The highest BCUT2D eigenvalue weighted by molar-refractivity contribution is 5.83. The summed E-state index contributed by atoms with van der Waals surface area (Å²) in [7, 11) is 0. The number of rotatable bonds is 10. The van der Waals surface area contributed by atoms with Crippen LogP contribution in [0.3, 0.4) is 0 Å². The summed E-state index contributed by atoms with van der Waals surface area (Å²) in [5.74, 6) is -0.188. The molecule has 27 heavy (non-hydrogen) atoms. The van der Waals surface area contributed by atoms with Crippen molar-refractivity contribution in [2.24, 2.45) is 0 Å². The van der Waals surface area contributed by atoms with E-state index in [4.69, 9.17) is 4.74 Å². The van der Waals surface area contributed by atoms with Gasteiger partial charge in [0.05, 0.1) is 19.8 Å². The molecule has 0 atom stereocenters. The number of carbonyl (C=O) groups is 2. The lowest BCUT2D eigenvalue weighted by molar-refractivity contribution is -0.120. The Morgan fingerprint density at radius 2 is 1.44 bits per heavy atom. The van der Waals surface area contributed by atoms with Crippen LogP contribution in [0.1, 0.15) is 30.0 Å². The molecule has 0 saturated heterocycles. The van der Waals surface area contributed by atoms with E-state index in [9.17, 15) is 9.59 Å². The first-order chi connectivity index (χ1) is 13.2. The minimum atomic E-state index is -0.364. The molecule has 6 nitrogen and oxygen atoms in total. The predicted molar refractivity (Wildman–Crippen MR) is 105 cm³/mol. The van der Waals surface area contributed by atoms with Crippen LogP contribution in [-0.4, -0.2) is 25.0 Å². The predicted octanol–water partition coefficient (Wildman–Crippen LogP) is 2.73. The topological polar surface area (TPSA) is 79.5 Å². The Bertz CT molecular complexity index is 702. The molecule has 3 N–H and O–H groups in total. The summed E-state index contributed by atoms with van der Waals surface area (Å²) in [6.07, 6.45) is 0.866. The van der Waals surface area contributed by atoms with Crippen molar-refractivity contribution in [1.82, 2.24) is 16.0 Å². The van der Waals surface area contributed by atoms with Crippen molar-refractivity contribution < 1.29 is 14.3 Å². The second-order valence-corrected chi connectivity index (χ2v) is 6.18. The minimum Gasteiger partial charge on any atom is -0.372 e. The van der Waals surface area contributed by atoms with E-state index in [0.717, 1.165) is 23.1 Å². The first kappa shape index (κ1) is 20.5. The third-order valence-electron chi connectivity index (χ3n) is 3.84. The summed E-state index contributed by atoms with van der Waals surface area (Å²) in [4.78, 5) is 23.1. The maximum atomic E-state index is 11.7. The Balaban J connectivity index is 1.64. The average Bonchev–Trinajstić information content (AvgIpc) is 2.71. The van der Waals surface area contributed by atoms with Crippen LogP contribution < -0.4 is 16.0 Å². The number of amides is 3. The van der Waals surface area contributed by atoms with Crippen LogP contribution in [-0.2, 0) is 29.3 Å². The fraction of sp³-hybridized carbons (Fsp3) is 0.333. The molecule has 0 aliphatic rings. The molecule has 3 amide bonds. The molecule has 2 aromatic carbocycles. The fourth-order valence-electron chi connectivity index (χ4n) is 2.35. The smallest absolute Gasteiger partial charge is 0.315 e. The summed E-state index contributed by atoms with van der Waals surface area (Å²) >= 11 is 0. The Morgan fingerprint density at radius 1 is 0.815 bits per heavy atom. The van der Waals surface area contributed by atoms with E-state index in [1.807, 2.05) is 61.5 Å². The van der Waals surface area contributed by atoms with Gasteiger partial charge in [0, 0.05) is 13.1 Å². The quantitative estimate of drug-likeness (QED) is 0.602. The van der Waals surface area contributed by atoms with Crippen LogP contribution >= 0.6 is 0 Å². The lowest BCUT2D eigenvalue weighted by Crippen LogP contribution is -2.41. The number of hydrogen-bond acceptors (Lipinski definition) is 3. The minimum absolute atomic E-state index is 0.0243. The van der Waals surface area contributed by atoms with Crippen LogP contribution in [0.15, 0.2) is 54.6 Å². The Hall–Kier alpha value is -2.86. The molecule has 2 aromatic rings. The summed E-state index contributed by atoms with van der Waals surface area (Å²) in [5, 5.41) is 7.97. The van der Waals surface area contributed by atoms with E-state index >= 15 is 0 Å². The molecular weight excluding hydrogens is 342 g/mol. The van der Waals surface area contributed by atoms with Crippen LogP contribution in [0.5, 0.6) is 0 Å². The van der Waals surface area contributed by atoms with Crippen molar-refractivity contribution in [2.45, 2.75) is 33.1 Å². The van der Waals surface area contributed by atoms with Gasteiger partial charge in [-0.1, -0.05) is 61.5 Å². The van der Waals surface area contributed by atoms with Crippen LogP contribution in [0.25, 0.3) is 0 Å². The molecule has 0 bridgehead atoms. The highest BCUT2D eigenvalue weighted by Crippen LogP contribution is 2.08. The van der Waals surface area contributed by atoms with Gasteiger partial charge in [0.25, 0.3) is 0 Å². The zero-order valence-electron chi connectivity index (χ0n) is 15.7. The molecule has 0 fully saturated rings. The van der Waals surface area contributed by atoms with Gasteiger partial charge in [-0.15, -0.1) is 0 Å². The van der Waals surface area contributed by atoms with E-state index < -0.39 is 0 Å². The largest absolute Gasteiger partial charge is 0.372 e. The van der Waals surface area contributed by atoms with Crippen LogP contribution in [0.4, 0.5) is 4.79 Å². The van der Waals surface area contributed by atoms with Gasteiger partial charge in [-0.25, -0.2) is 4.79 Å². The molecule has 6 heteroatoms. The second-order valence-electron chi connectivity index (χ2n) is 6.18. The molecule has 0 aromatic heterocycles. The van der Waals surface area contributed by atoms with Gasteiger partial charge in [0.15, 0.2) is 0 Å². The maximum Gasteiger partial charge on any atom is 0.315 e. The van der Waals surface area contributed by atoms with Crippen molar-refractivity contribution in [2.75, 3.05) is 13.1 Å². The molecule has 0 unspecified atom stereocenters. The van der Waals surface area contributed by atoms with Crippen molar-refractivity contribution in [3.8, 4) is 0 Å². The summed E-state index contributed by atoms with van der Waals surface area (Å²) in [6.45, 7) is 4.08. The number of carbonyl (C=O) groups excluding carboxylic acids is 2. The number of urea groups is 1. The SMILES string of the molecule is CCCNC(=O)CNC(=O)NCc1ccc(COCc2ccccc2)cc1. The van der Waals surface area contributed by atoms with Gasteiger partial charge < -0.3 is 20.7 Å². The number of hydrogen-bond donors (Lipinski definition) is 3. The Morgan fingerprint density at radius 3 is 2.11 bits per heavy atom. The second kappa shape index (κ2) is 11.7. The van der Waals surface area contributed by atoms with Crippen molar-refractivity contribution in [3.63, 3.8) is 0 Å². The monoisotopic (exact) mass is 369 g/mol. The third kappa shape index (κ3) is 8.37. The average molecular weight is 369 g/mol. The van der Waals surface area contributed by atoms with Gasteiger partial charge in [-0.3, -0.25) is 4.79 Å². The van der Waals surface area contributed by atoms with E-state index in [2.05, 4.69) is 16.0 Å². The summed E-state index contributed by atoms with van der Waals surface area (Å²) in [6, 6.07) is 17.6. The fourth-order valence-corrected chi connectivity index (χ4v) is 2.35. The molecule has 0 spiro atoms. The summed E-state index contributed by atoms with van der Waals surface area (Å²) in [5.41, 5.74) is 3.20. The van der Waals surface area contributed by atoms with Gasteiger partial charge >= 0.3 is 6.03 Å². The van der Waals surface area contributed by atoms with Gasteiger partial charge in [-0.05, 0) is 23.1 Å². The van der Waals surface area contributed by atoms with E-state index in [0.29, 0.717) is 26.3 Å². The first-order valence-electron chi connectivity index (χ1n) is 9.15. The lowest BCUT2D eigenvalue weighted by atomic mass is 10.1. The van der Waals surface area contributed by atoms with Crippen molar-refractivity contribution in [1.29, 1.82) is 0 Å². The molecular formula is C21H27N3O3. The van der Waals surface area contributed by atoms with Crippen molar-refractivity contribution >= 4 is 11.9 Å². The van der Waals surface area contributed by atoms with Gasteiger partial charge in [0.1, 0.15) is 0 Å². The normalized spacial score (nSPS) is 10.3. The lowest BCUT2D eigenvalue weighted by Gasteiger charge is -2.09. The zero-order valence-corrected chi connectivity index (χ0v) is 15.7. The third-order valence-corrected chi connectivity index (χ3v) is 3.84. The van der Waals surface area contributed by atoms with Crippen LogP contribution in [0.2, 0.25) is 0 Å². The van der Waals surface area contributed by atoms with E-state index in [-0.39, 0.29) is 18.5 Å². The van der Waals surface area contributed by atoms with Gasteiger partial charge in [-0.2, -0.15) is 0 Å². The van der Waals surface area contributed by atoms with Crippen LogP contribution in [0, 0.1) is 0 Å². The first-order valence-corrected chi connectivity index (χ1v) is 9.15. The number of benzene rings is 2. The van der Waals surface area contributed by atoms with E-state index in [1.54, 1.807) is 0 Å². The molecule has 0 aliphatic carbocycles. The summed E-state index contributed by atoms with van der Waals surface area (Å²) < 4.78 is 5.71. The highest BCUT2D eigenvalue weighted by atomic mass is 16.5. The molecule has 0 aliphatic heterocycles. The molecule has 144 valence electrons. The number of nitrogens with one attached hydrogen (secondary N) is 3. The molecule has 0 heterocycles. The highest BCUT2D eigenvalue weighted by Gasteiger charge is 2.04. The molecule has 0 radical (unpaired) electrons. The van der Waals surface area contributed by atoms with Gasteiger partial charge in [0.2, 0.25) is 5.91 Å². The van der Waals surface area contributed by atoms with E-state index in [1.165, 1.54) is 0 Å². The zero-order chi connectivity index (χ0) is 19.3. The Labute approximate surface area is 160 Å². The number of ether oxygens (including phenoxy) is 1. The molecule has 2 rings (SSSR count). The maximum absolute atomic E-state index is 11.7. The standard InChI is InChI=1S/C21H27N3O3/c1-2-12-22-20(25)14-24-21(26)23-13-17-8-10-19(11-9-17)16-27-15-18-6-4-3-5-7-18/h3-11H,2,12-16H2,1H3,(H,22,25)(H2,23,24,26). The molecule has 0 saturated carbocycles. The van der Waals surface area contributed by atoms with Crippen molar-refractivity contribution in [3.05, 3.63) is 71.3 Å².